The molecule has 0 heterocycles. The zero-order valence-corrected chi connectivity index (χ0v) is 55.6. The summed E-state index contributed by atoms with van der Waals surface area (Å²) in [5, 5.41) is 0. The molecule has 0 radical (unpaired) electrons. The van der Waals surface area contributed by atoms with Crippen LogP contribution in [0.5, 0.6) is 0 Å². The molecule has 24 heteroatoms. The lowest BCUT2D eigenvalue weighted by Gasteiger charge is -2.49. The van der Waals surface area contributed by atoms with Crippen molar-refractivity contribution in [2.45, 2.75) is 129 Å². The van der Waals surface area contributed by atoms with Crippen LogP contribution in [0.25, 0.3) is 0 Å². The maximum Gasteiger partial charge on any atom is 0.475 e. The van der Waals surface area contributed by atoms with Crippen molar-refractivity contribution in [1.29, 1.82) is 0 Å². The molecule has 1 saturated carbocycles. The average molecular weight is 1360 g/mol. The van der Waals surface area contributed by atoms with Crippen LogP contribution >= 0.6 is 31.3 Å². The van der Waals surface area contributed by atoms with E-state index in [1.165, 1.54) is 0 Å². The average Bonchev–Trinajstić information content (AvgIpc) is 0.742. The molecule has 1 aliphatic carbocycles. The normalized spacial score (nSPS) is 17.7. The van der Waals surface area contributed by atoms with Crippen LogP contribution in [0.15, 0.2) is 243 Å². The van der Waals surface area contributed by atoms with Crippen LogP contribution in [0.4, 0.5) is 0 Å². The Kier molecular flexibility index (Phi) is 27.6. The molecule has 1 aliphatic rings. The van der Waals surface area contributed by atoms with Crippen molar-refractivity contribution >= 4 is 43.2 Å². The first-order valence-corrected chi connectivity index (χ1v) is 36.5. The molecular weight excluding hydrogens is 1280 g/mol. The van der Waals surface area contributed by atoms with Gasteiger partial charge in [-0.3, -0.25) is 63.9 Å². The molecule has 1 fully saturated rings. The number of esters is 2. The Hall–Kier alpha value is -6.86. The van der Waals surface area contributed by atoms with Gasteiger partial charge in [0.05, 0.1) is 52.9 Å². The Morgan fingerprint density at radius 2 is 0.404 bits per heavy atom. The molecule has 0 spiro atoms. The van der Waals surface area contributed by atoms with E-state index in [2.05, 4.69) is 0 Å². The summed E-state index contributed by atoms with van der Waals surface area (Å²) >= 11 is 0. The Labute approximate surface area is 548 Å². The predicted octanol–water partition coefficient (Wildman–Crippen LogP) is 17.1. The monoisotopic (exact) mass is 1360 g/mol. The molecule has 6 unspecified atom stereocenters. The SMILES string of the molecule is CCCC(=O)OC1C(OC(=O)CCC)C(OP(=O)(OCc2ccccc2)OCc2ccccc2)C(OP(=O)(OCc2ccccc2)OCc2ccccc2)C(OP(=O)(OCc2ccccc2)OCc2ccccc2)C1OP(=O)(OCc1ccccc1)OCc1ccccc1. The topological polar surface area (TPSA) is 232 Å². The summed E-state index contributed by atoms with van der Waals surface area (Å²) in [7, 11) is -21.2. The third kappa shape index (κ3) is 22.6. The van der Waals surface area contributed by atoms with E-state index in [9.17, 15) is 9.59 Å². The van der Waals surface area contributed by atoms with Crippen molar-refractivity contribution in [3.63, 3.8) is 0 Å². The minimum atomic E-state index is -5.33. The smallest absolute Gasteiger partial charge is 0.455 e. The molecule has 0 aliphatic heterocycles. The number of benzene rings is 8. The zero-order valence-electron chi connectivity index (χ0n) is 52.0. The van der Waals surface area contributed by atoms with Gasteiger partial charge in [-0.2, -0.15) is 0 Å². The largest absolute Gasteiger partial charge is 0.475 e. The van der Waals surface area contributed by atoms with E-state index in [-0.39, 0.29) is 25.7 Å². The van der Waals surface area contributed by atoms with Gasteiger partial charge in [0.25, 0.3) is 0 Å². The summed E-state index contributed by atoms with van der Waals surface area (Å²) in [5.74, 6) is -1.90. The van der Waals surface area contributed by atoms with Crippen molar-refractivity contribution in [3.8, 4) is 0 Å². The molecule has 496 valence electrons. The quantitative estimate of drug-likeness (QED) is 0.0258. The molecule has 6 atom stereocenters. The lowest BCUT2D eigenvalue weighted by Crippen LogP contribution is -2.67. The van der Waals surface area contributed by atoms with Gasteiger partial charge in [-0.15, -0.1) is 0 Å². The van der Waals surface area contributed by atoms with Crippen LogP contribution in [0, 0.1) is 0 Å². The van der Waals surface area contributed by atoms with Crippen molar-refractivity contribution < 1.29 is 91.6 Å². The highest BCUT2D eigenvalue weighted by Gasteiger charge is 2.64. The van der Waals surface area contributed by atoms with E-state index in [0.29, 0.717) is 44.5 Å². The zero-order chi connectivity index (χ0) is 65.9. The van der Waals surface area contributed by atoms with Gasteiger partial charge in [-0.25, -0.2) is 18.3 Å². The van der Waals surface area contributed by atoms with Crippen LogP contribution in [0.3, 0.4) is 0 Å². The third-order valence-corrected chi connectivity index (χ3v) is 19.8. The van der Waals surface area contributed by atoms with Gasteiger partial charge >= 0.3 is 43.2 Å². The molecule has 94 heavy (non-hydrogen) atoms. The number of phosphoric ester groups is 4. The molecule has 0 bridgehead atoms. The summed E-state index contributed by atoms with van der Waals surface area (Å²) in [6, 6.07) is 68.9. The highest BCUT2D eigenvalue weighted by molar-refractivity contribution is 7.49. The molecular formula is C70H76O20P4. The van der Waals surface area contributed by atoms with Crippen molar-refractivity contribution in [2.75, 3.05) is 0 Å². The van der Waals surface area contributed by atoms with Gasteiger partial charge in [0.2, 0.25) is 0 Å². The summed E-state index contributed by atoms with van der Waals surface area (Å²) < 4.78 is 156. The maximum absolute atomic E-state index is 16.4. The molecule has 0 amide bonds. The lowest BCUT2D eigenvalue weighted by atomic mass is 9.84. The summed E-state index contributed by atoms with van der Waals surface area (Å²) in [4.78, 5) is 29.2. The van der Waals surface area contributed by atoms with E-state index >= 15 is 18.3 Å². The fourth-order valence-electron chi connectivity index (χ4n) is 9.51. The minimum Gasteiger partial charge on any atom is -0.455 e. The molecule has 8 aromatic carbocycles. The third-order valence-electron chi connectivity index (χ3n) is 14.2. The number of ether oxygens (including phenoxy) is 2. The van der Waals surface area contributed by atoms with E-state index in [1.807, 2.05) is 0 Å². The van der Waals surface area contributed by atoms with E-state index < -0.39 is 133 Å². The Morgan fingerprint density at radius 1 is 0.255 bits per heavy atom. The number of rotatable bonds is 38. The summed E-state index contributed by atoms with van der Waals surface area (Å²) in [6.45, 7) is -0.0983. The molecule has 0 aromatic heterocycles. The highest BCUT2D eigenvalue weighted by Crippen LogP contribution is 2.63. The number of carbonyl (C=O) groups excluding carboxylic acids is 2. The van der Waals surface area contributed by atoms with Crippen LogP contribution in [-0.4, -0.2) is 48.6 Å². The Balaban J connectivity index is 1.31. The van der Waals surface area contributed by atoms with Gasteiger partial charge < -0.3 is 9.47 Å². The van der Waals surface area contributed by atoms with Gasteiger partial charge in [0, 0.05) is 12.8 Å². The molecule has 0 saturated heterocycles. The Morgan fingerprint density at radius 3 is 0.553 bits per heavy atom. The van der Waals surface area contributed by atoms with Crippen molar-refractivity contribution in [3.05, 3.63) is 287 Å². The predicted molar refractivity (Wildman–Crippen MR) is 349 cm³/mol. The van der Waals surface area contributed by atoms with Crippen molar-refractivity contribution in [1.82, 2.24) is 0 Å². The van der Waals surface area contributed by atoms with Crippen LogP contribution in [-0.2, 0) is 144 Å². The molecule has 9 rings (SSSR count). The second kappa shape index (κ2) is 36.3. The summed E-state index contributed by atoms with van der Waals surface area (Å²) in [6.07, 6.45) is -13.9. The van der Waals surface area contributed by atoms with E-state index in [0.717, 1.165) is 0 Å². The molecule has 0 N–H and O–H groups in total. The second-order valence-electron chi connectivity index (χ2n) is 21.6. The standard InChI is InChI=1S/C70H76O20P4/c1-3-29-63(71)85-65-66(86-64(72)30-4-2)68(88-92(74,79-49-57-35-17-7-18-36-57)80-50-58-37-19-8-20-38-58)70(90-94(76,83-53-61-43-25-11-26-44-61)84-54-62-45-27-12-28-46-62)69(89-93(75,81-51-59-39-21-9-22-40-59)82-52-60-41-23-10-24-42-60)67(65)87-91(73,77-47-55-31-13-5-14-32-55)78-48-56-33-15-6-16-34-56/h5-28,31-46,65-70H,3-4,29-30,47-54H2,1-2H3. The minimum absolute atomic E-state index is 0.203. The number of hydrogen-bond acceptors (Lipinski definition) is 20. The number of hydrogen-bond donors (Lipinski definition) is 0. The maximum atomic E-state index is 16.4. The first-order valence-electron chi connectivity index (χ1n) is 30.7. The molecule has 20 nitrogen and oxygen atoms in total. The van der Waals surface area contributed by atoms with Gasteiger partial charge in [-0.05, 0) is 57.3 Å². The number of carbonyl (C=O) groups is 2. The lowest BCUT2D eigenvalue weighted by molar-refractivity contribution is -0.234. The Bertz CT molecular complexity index is 3300. The summed E-state index contributed by atoms with van der Waals surface area (Å²) in [5.41, 5.74) is 3.95. The first-order chi connectivity index (χ1) is 45.7. The van der Waals surface area contributed by atoms with E-state index in [1.54, 1.807) is 257 Å². The van der Waals surface area contributed by atoms with Crippen molar-refractivity contribution in [2.24, 2.45) is 0 Å². The second-order valence-corrected chi connectivity index (χ2v) is 28.0. The fourth-order valence-corrected chi connectivity index (χ4v) is 14.9. The number of phosphoric acid groups is 4. The fraction of sp³-hybridized carbons (Fsp3) is 0.286. The van der Waals surface area contributed by atoms with Gasteiger partial charge in [0.15, 0.2) is 12.2 Å². The van der Waals surface area contributed by atoms with E-state index in [4.69, 9.17) is 63.8 Å². The van der Waals surface area contributed by atoms with Crippen LogP contribution in [0.2, 0.25) is 0 Å². The van der Waals surface area contributed by atoms with Gasteiger partial charge in [0.1, 0.15) is 24.4 Å². The van der Waals surface area contributed by atoms with Crippen LogP contribution < -0.4 is 0 Å². The first kappa shape index (κ1) is 71.4. The van der Waals surface area contributed by atoms with Gasteiger partial charge in [-0.1, -0.05) is 257 Å². The molecule has 8 aromatic rings. The van der Waals surface area contributed by atoms with Crippen LogP contribution in [0.1, 0.15) is 84.0 Å². The highest BCUT2D eigenvalue weighted by atomic mass is 31.2.